The largest absolute Gasteiger partial charge is 0.427 e. The van der Waals surface area contributed by atoms with Gasteiger partial charge in [-0.3, -0.25) is 19.3 Å². The van der Waals surface area contributed by atoms with Gasteiger partial charge in [-0.15, -0.1) is 0 Å². The number of carbonyl (C=O) groups is 3. The molecule has 26 heavy (non-hydrogen) atoms. The van der Waals surface area contributed by atoms with Crippen LogP contribution in [0.2, 0.25) is 0 Å². The van der Waals surface area contributed by atoms with Gasteiger partial charge in [0.25, 0.3) is 0 Å². The summed E-state index contributed by atoms with van der Waals surface area (Å²) in [7, 11) is 0. The van der Waals surface area contributed by atoms with Gasteiger partial charge in [-0.1, -0.05) is 39.0 Å². The maximum atomic E-state index is 12.6. The Balaban J connectivity index is 1.60. The van der Waals surface area contributed by atoms with Crippen molar-refractivity contribution in [2.24, 2.45) is 11.8 Å². The summed E-state index contributed by atoms with van der Waals surface area (Å²) in [4.78, 5) is 38.4. The zero-order valence-corrected chi connectivity index (χ0v) is 15.4. The lowest BCUT2D eigenvalue weighted by atomic mass is 9.81. The van der Waals surface area contributed by atoms with Gasteiger partial charge >= 0.3 is 5.97 Å². The summed E-state index contributed by atoms with van der Waals surface area (Å²) in [6.45, 7) is 2.13. The highest BCUT2D eigenvalue weighted by atomic mass is 16.5. The first kappa shape index (κ1) is 18.6. The standard InChI is InChI=1S/C21H27NO4/c1-2-3-4-5-10-19(23)26-16-13-11-15(12-14-16)22-20(24)17-8-6-7-9-18(17)21(22)25/h11-14,17-18H,2-10H2,1H3/t17-,18-/m1/s1. The van der Waals surface area contributed by atoms with Gasteiger partial charge in [-0.2, -0.15) is 0 Å². The fraction of sp³-hybridized carbons (Fsp3) is 0.571. The number of esters is 1. The first-order chi connectivity index (χ1) is 12.6. The summed E-state index contributed by atoms with van der Waals surface area (Å²) < 4.78 is 5.33. The molecule has 1 aromatic carbocycles. The molecule has 2 amide bonds. The molecule has 1 heterocycles. The lowest BCUT2D eigenvalue weighted by molar-refractivity contribution is -0.134. The number of hydrogen-bond acceptors (Lipinski definition) is 4. The normalized spacial score (nSPS) is 22.4. The number of ether oxygens (including phenoxy) is 1. The third-order valence-electron chi connectivity index (χ3n) is 5.40. The van der Waals surface area contributed by atoms with Crippen LogP contribution in [0.4, 0.5) is 5.69 Å². The molecule has 1 aliphatic carbocycles. The van der Waals surface area contributed by atoms with Crippen LogP contribution in [0.3, 0.4) is 0 Å². The van der Waals surface area contributed by atoms with Gasteiger partial charge in [-0.05, 0) is 43.5 Å². The SMILES string of the molecule is CCCCCCC(=O)Oc1ccc(N2C(=O)[C@@H]3CCCC[C@H]3C2=O)cc1. The summed E-state index contributed by atoms with van der Waals surface area (Å²) in [5.74, 6) is -0.270. The average Bonchev–Trinajstić information content (AvgIpc) is 2.91. The minimum atomic E-state index is -0.242. The molecule has 1 aliphatic heterocycles. The van der Waals surface area contributed by atoms with Gasteiger partial charge in [-0.25, -0.2) is 0 Å². The molecule has 5 nitrogen and oxygen atoms in total. The lowest BCUT2D eigenvalue weighted by Gasteiger charge is -2.19. The Morgan fingerprint density at radius 3 is 2.19 bits per heavy atom. The Kier molecular flexibility index (Phi) is 6.07. The summed E-state index contributed by atoms with van der Waals surface area (Å²) >= 11 is 0. The quantitative estimate of drug-likeness (QED) is 0.317. The fourth-order valence-corrected chi connectivity index (χ4v) is 3.96. The van der Waals surface area contributed by atoms with Gasteiger partial charge in [0.15, 0.2) is 0 Å². The summed E-state index contributed by atoms with van der Waals surface area (Å²) in [6.07, 6.45) is 8.18. The molecule has 2 aliphatic rings. The van der Waals surface area contributed by atoms with E-state index in [2.05, 4.69) is 6.92 Å². The average molecular weight is 357 g/mol. The third kappa shape index (κ3) is 3.97. The van der Waals surface area contributed by atoms with Crippen molar-refractivity contribution in [3.63, 3.8) is 0 Å². The van der Waals surface area contributed by atoms with E-state index in [1.54, 1.807) is 24.3 Å². The van der Waals surface area contributed by atoms with Crippen molar-refractivity contribution in [1.29, 1.82) is 0 Å². The molecule has 0 N–H and O–H groups in total. The van der Waals surface area contributed by atoms with Gasteiger partial charge in [0.1, 0.15) is 5.75 Å². The van der Waals surface area contributed by atoms with Crippen LogP contribution in [0.5, 0.6) is 5.75 Å². The van der Waals surface area contributed by atoms with Gasteiger partial charge < -0.3 is 4.74 Å². The maximum absolute atomic E-state index is 12.6. The molecule has 3 rings (SSSR count). The smallest absolute Gasteiger partial charge is 0.311 e. The molecule has 1 aromatic rings. The second kappa shape index (κ2) is 8.47. The van der Waals surface area contributed by atoms with Gasteiger partial charge in [0.2, 0.25) is 11.8 Å². The van der Waals surface area contributed by atoms with E-state index < -0.39 is 0 Å². The van der Waals surface area contributed by atoms with E-state index in [0.29, 0.717) is 17.9 Å². The number of rotatable bonds is 7. The Morgan fingerprint density at radius 2 is 1.62 bits per heavy atom. The zero-order chi connectivity index (χ0) is 18.5. The zero-order valence-electron chi connectivity index (χ0n) is 15.4. The van der Waals surface area contributed by atoms with Crippen molar-refractivity contribution in [3.8, 4) is 5.75 Å². The van der Waals surface area contributed by atoms with E-state index in [1.165, 1.54) is 4.90 Å². The fourth-order valence-electron chi connectivity index (χ4n) is 3.96. The Hall–Kier alpha value is -2.17. The molecule has 1 saturated heterocycles. The van der Waals surface area contributed by atoms with Gasteiger partial charge in [0.05, 0.1) is 17.5 Å². The maximum Gasteiger partial charge on any atom is 0.311 e. The molecular formula is C21H27NO4. The molecule has 140 valence electrons. The van der Waals surface area contributed by atoms with E-state index in [9.17, 15) is 14.4 Å². The van der Waals surface area contributed by atoms with Crippen LogP contribution in [-0.4, -0.2) is 17.8 Å². The van der Waals surface area contributed by atoms with Crippen molar-refractivity contribution in [3.05, 3.63) is 24.3 Å². The minimum absolute atomic E-state index is 0.0830. The molecule has 0 radical (unpaired) electrons. The monoisotopic (exact) mass is 357 g/mol. The Morgan fingerprint density at radius 1 is 1.00 bits per heavy atom. The lowest BCUT2D eigenvalue weighted by Crippen LogP contribution is -2.30. The van der Waals surface area contributed by atoms with E-state index in [1.807, 2.05) is 0 Å². The molecule has 0 spiro atoms. The van der Waals surface area contributed by atoms with Crippen molar-refractivity contribution in [2.75, 3.05) is 4.90 Å². The number of fused-ring (bicyclic) bond motifs is 1. The van der Waals surface area contributed by atoms with E-state index in [-0.39, 0.29) is 29.6 Å². The summed E-state index contributed by atoms with van der Waals surface area (Å²) in [5.41, 5.74) is 0.567. The van der Waals surface area contributed by atoms with Crippen LogP contribution in [0, 0.1) is 11.8 Å². The van der Waals surface area contributed by atoms with Crippen LogP contribution in [-0.2, 0) is 14.4 Å². The Labute approximate surface area is 154 Å². The van der Waals surface area contributed by atoms with Crippen LogP contribution in [0.1, 0.15) is 64.7 Å². The molecule has 2 fully saturated rings. The second-order valence-corrected chi connectivity index (χ2v) is 7.29. The minimum Gasteiger partial charge on any atom is -0.427 e. The van der Waals surface area contributed by atoms with Crippen molar-refractivity contribution in [1.82, 2.24) is 0 Å². The van der Waals surface area contributed by atoms with Crippen LogP contribution in [0.25, 0.3) is 0 Å². The Bertz CT molecular complexity index is 643. The number of unbranched alkanes of at least 4 members (excludes halogenated alkanes) is 3. The van der Waals surface area contributed by atoms with Crippen LogP contribution in [0.15, 0.2) is 24.3 Å². The van der Waals surface area contributed by atoms with Crippen LogP contribution < -0.4 is 9.64 Å². The first-order valence-corrected chi connectivity index (χ1v) is 9.80. The van der Waals surface area contributed by atoms with E-state index >= 15 is 0 Å². The topological polar surface area (TPSA) is 63.7 Å². The van der Waals surface area contributed by atoms with E-state index in [0.717, 1.165) is 51.4 Å². The van der Waals surface area contributed by atoms with Crippen molar-refractivity contribution >= 4 is 23.5 Å². The molecule has 5 heteroatoms. The highest BCUT2D eigenvalue weighted by Gasteiger charge is 2.48. The number of benzene rings is 1. The molecular weight excluding hydrogens is 330 g/mol. The predicted molar refractivity (Wildman–Crippen MR) is 98.8 cm³/mol. The van der Waals surface area contributed by atoms with Crippen LogP contribution >= 0.6 is 0 Å². The van der Waals surface area contributed by atoms with Gasteiger partial charge in [0, 0.05) is 6.42 Å². The second-order valence-electron chi connectivity index (χ2n) is 7.29. The summed E-state index contributed by atoms with van der Waals surface area (Å²) in [5, 5.41) is 0. The number of imide groups is 1. The summed E-state index contributed by atoms with van der Waals surface area (Å²) in [6, 6.07) is 6.68. The van der Waals surface area contributed by atoms with Crippen molar-refractivity contribution < 1.29 is 19.1 Å². The number of hydrogen-bond donors (Lipinski definition) is 0. The number of amides is 2. The third-order valence-corrected chi connectivity index (χ3v) is 5.40. The molecule has 1 saturated carbocycles. The highest BCUT2D eigenvalue weighted by molar-refractivity contribution is 6.22. The number of nitrogens with zero attached hydrogens (tertiary/aromatic N) is 1. The molecule has 0 aromatic heterocycles. The van der Waals surface area contributed by atoms with E-state index in [4.69, 9.17) is 4.74 Å². The number of carbonyl (C=O) groups excluding carboxylic acids is 3. The first-order valence-electron chi connectivity index (χ1n) is 9.80. The molecule has 0 bridgehead atoms. The highest BCUT2D eigenvalue weighted by Crippen LogP contribution is 2.40. The predicted octanol–water partition coefficient (Wildman–Crippen LogP) is 4.24. The number of anilines is 1. The van der Waals surface area contributed by atoms with Crippen molar-refractivity contribution in [2.45, 2.75) is 64.7 Å². The molecule has 0 unspecified atom stereocenters. The molecule has 2 atom stereocenters.